The third-order valence-corrected chi connectivity index (χ3v) is 6.15. The van der Waals surface area contributed by atoms with Crippen molar-refractivity contribution in [1.29, 1.82) is 0 Å². The Balaban J connectivity index is 1.28. The van der Waals surface area contributed by atoms with Crippen LogP contribution in [0.1, 0.15) is 17.5 Å². The molecule has 6 nitrogen and oxygen atoms in total. The third-order valence-electron chi connectivity index (χ3n) is 6.15. The van der Waals surface area contributed by atoms with E-state index >= 15 is 0 Å². The number of nitrogens with one attached hydrogen (secondary N) is 1. The molecule has 0 aliphatic carbocycles. The largest absolute Gasteiger partial charge is 0.483 e. The van der Waals surface area contributed by atoms with Crippen molar-refractivity contribution >= 4 is 28.3 Å². The van der Waals surface area contributed by atoms with Crippen LogP contribution in [0.5, 0.6) is 5.75 Å². The second kappa shape index (κ2) is 10.5. The highest BCUT2D eigenvalue weighted by Crippen LogP contribution is 2.25. The molecule has 0 radical (unpaired) electrons. The molecule has 1 heterocycles. The van der Waals surface area contributed by atoms with Crippen molar-refractivity contribution in [2.45, 2.75) is 20.3 Å². The summed E-state index contributed by atoms with van der Waals surface area (Å²) in [5.74, 6) is 0.678. The predicted molar refractivity (Wildman–Crippen MR) is 132 cm³/mol. The summed E-state index contributed by atoms with van der Waals surface area (Å²) in [6.45, 7) is 7.05. The lowest BCUT2D eigenvalue weighted by Gasteiger charge is -2.22. The van der Waals surface area contributed by atoms with Crippen LogP contribution >= 0.6 is 0 Å². The number of hydrogen-bond acceptors (Lipinski definition) is 4. The molecule has 6 heteroatoms. The SMILES string of the molecule is Cc1cccc(C)c1NC(=O)CN1CCCN(C(=O)COc2cccc3ccccc23)CC1. The number of ether oxygens (including phenoxy) is 1. The number of hydrogen-bond donors (Lipinski definition) is 1. The molecule has 1 aliphatic rings. The average molecular weight is 446 g/mol. The summed E-state index contributed by atoms with van der Waals surface area (Å²) in [4.78, 5) is 29.4. The summed E-state index contributed by atoms with van der Waals surface area (Å²) in [6, 6.07) is 19.8. The molecular formula is C27H31N3O3. The molecular weight excluding hydrogens is 414 g/mol. The van der Waals surface area contributed by atoms with Gasteiger partial charge in [-0.1, -0.05) is 54.6 Å². The van der Waals surface area contributed by atoms with Crippen molar-refractivity contribution in [3.8, 4) is 5.75 Å². The quantitative estimate of drug-likeness (QED) is 0.623. The van der Waals surface area contributed by atoms with Crippen molar-refractivity contribution in [1.82, 2.24) is 9.80 Å². The van der Waals surface area contributed by atoms with Crippen LogP contribution in [0.25, 0.3) is 10.8 Å². The molecule has 1 fully saturated rings. The van der Waals surface area contributed by atoms with Gasteiger partial charge in [0.2, 0.25) is 5.91 Å². The molecule has 0 spiro atoms. The fourth-order valence-corrected chi connectivity index (χ4v) is 4.32. The molecule has 4 rings (SSSR count). The molecule has 0 aromatic heterocycles. The lowest BCUT2D eigenvalue weighted by atomic mass is 10.1. The second-order valence-electron chi connectivity index (χ2n) is 8.59. The Morgan fingerprint density at radius 1 is 0.879 bits per heavy atom. The number of carbonyl (C=O) groups excluding carboxylic acids is 2. The van der Waals surface area contributed by atoms with Gasteiger partial charge in [-0.05, 0) is 42.8 Å². The highest BCUT2D eigenvalue weighted by Gasteiger charge is 2.21. The van der Waals surface area contributed by atoms with Gasteiger partial charge < -0.3 is 15.0 Å². The van der Waals surface area contributed by atoms with Crippen LogP contribution in [0, 0.1) is 13.8 Å². The van der Waals surface area contributed by atoms with Crippen molar-refractivity contribution < 1.29 is 14.3 Å². The molecule has 0 unspecified atom stereocenters. The van der Waals surface area contributed by atoms with E-state index < -0.39 is 0 Å². The van der Waals surface area contributed by atoms with E-state index in [-0.39, 0.29) is 18.4 Å². The zero-order valence-corrected chi connectivity index (χ0v) is 19.3. The summed E-state index contributed by atoms with van der Waals surface area (Å²) in [6.07, 6.45) is 0.830. The van der Waals surface area contributed by atoms with Gasteiger partial charge in [-0.25, -0.2) is 0 Å². The van der Waals surface area contributed by atoms with E-state index in [9.17, 15) is 9.59 Å². The third kappa shape index (κ3) is 5.71. The van der Waals surface area contributed by atoms with E-state index in [2.05, 4.69) is 10.2 Å². The number of aryl methyl sites for hydroxylation is 2. The lowest BCUT2D eigenvalue weighted by molar-refractivity contribution is -0.133. The van der Waals surface area contributed by atoms with Gasteiger partial charge in [0, 0.05) is 37.3 Å². The van der Waals surface area contributed by atoms with Gasteiger partial charge in [-0.2, -0.15) is 0 Å². The Bertz CT molecular complexity index is 1120. The Kier molecular flexibility index (Phi) is 7.25. The number of anilines is 1. The van der Waals surface area contributed by atoms with E-state index in [1.54, 1.807) is 0 Å². The molecule has 1 aliphatic heterocycles. The van der Waals surface area contributed by atoms with Gasteiger partial charge in [-0.3, -0.25) is 14.5 Å². The Morgan fingerprint density at radius 2 is 1.61 bits per heavy atom. The van der Waals surface area contributed by atoms with E-state index in [4.69, 9.17) is 4.74 Å². The van der Waals surface area contributed by atoms with Crippen molar-refractivity contribution in [3.63, 3.8) is 0 Å². The maximum Gasteiger partial charge on any atom is 0.260 e. The van der Waals surface area contributed by atoms with Crippen molar-refractivity contribution in [2.75, 3.05) is 44.6 Å². The second-order valence-corrected chi connectivity index (χ2v) is 8.59. The van der Waals surface area contributed by atoms with Gasteiger partial charge in [0.05, 0.1) is 6.54 Å². The number of amides is 2. The smallest absolute Gasteiger partial charge is 0.260 e. The molecule has 1 N–H and O–H groups in total. The standard InChI is InChI=1S/C27H31N3O3/c1-20-8-5-9-21(2)27(20)28-25(31)18-29-14-7-15-30(17-16-29)26(32)19-33-24-13-6-11-22-10-3-4-12-23(22)24/h3-6,8-13H,7,14-19H2,1-2H3,(H,28,31). The average Bonchev–Trinajstić information content (AvgIpc) is 3.05. The minimum Gasteiger partial charge on any atom is -0.483 e. The van der Waals surface area contributed by atoms with Crippen LogP contribution in [0.15, 0.2) is 60.7 Å². The molecule has 0 saturated carbocycles. The number of para-hydroxylation sites is 1. The maximum absolute atomic E-state index is 12.8. The first-order chi connectivity index (χ1) is 16.0. The normalized spacial score (nSPS) is 14.7. The van der Waals surface area contributed by atoms with Gasteiger partial charge in [0.15, 0.2) is 6.61 Å². The Labute approximate surface area is 195 Å². The molecule has 33 heavy (non-hydrogen) atoms. The molecule has 2 amide bonds. The number of rotatable bonds is 6. The van der Waals surface area contributed by atoms with Crippen LogP contribution in [0.2, 0.25) is 0 Å². The Hall–Kier alpha value is -3.38. The summed E-state index contributed by atoms with van der Waals surface area (Å²) in [7, 11) is 0. The molecule has 0 bridgehead atoms. The maximum atomic E-state index is 12.8. The van der Waals surface area contributed by atoms with Crippen LogP contribution < -0.4 is 10.1 Å². The van der Waals surface area contributed by atoms with Gasteiger partial charge in [0.25, 0.3) is 5.91 Å². The number of fused-ring (bicyclic) bond motifs is 1. The molecule has 1 saturated heterocycles. The zero-order chi connectivity index (χ0) is 23.2. The van der Waals surface area contributed by atoms with Gasteiger partial charge >= 0.3 is 0 Å². The van der Waals surface area contributed by atoms with Gasteiger partial charge in [-0.15, -0.1) is 0 Å². The van der Waals surface area contributed by atoms with Crippen molar-refractivity contribution in [2.24, 2.45) is 0 Å². The lowest BCUT2D eigenvalue weighted by Crippen LogP contribution is -2.39. The topological polar surface area (TPSA) is 61.9 Å². The van der Waals surface area contributed by atoms with Crippen molar-refractivity contribution in [3.05, 3.63) is 71.8 Å². The molecule has 3 aromatic rings. The number of carbonyl (C=O) groups is 2. The minimum absolute atomic E-state index is 0.0149. The number of benzene rings is 3. The first-order valence-electron chi connectivity index (χ1n) is 11.5. The first kappa shape index (κ1) is 22.8. The highest BCUT2D eigenvalue weighted by atomic mass is 16.5. The van der Waals surface area contributed by atoms with Crippen LogP contribution in [-0.2, 0) is 9.59 Å². The molecule has 172 valence electrons. The van der Waals surface area contributed by atoms with Crippen LogP contribution in [-0.4, -0.2) is 60.9 Å². The molecule has 0 atom stereocenters. The predicted octanol–water partition coefficient (Wildman–Crippen LogP) is 4.01. The first-order valence-corrected chi connectivity index (χ1v) is 11.5. The van der Waals surface area contributed by atoms with E-state index in [1.165, 1.54) is 0 Å². The van der Waals surface area contributed by atoms with Gasteiger partial charge in [0.1, 0.15) is 5.75 Å². The van der Waals surface area contributed by atoms with Crippen LogP contribution in [0.3, 0.4) is 0 Å². The van der Waals surface area contributed by atoms with E-state index in [0.717, 1.165) is 46.3 Å². The summed E-state index contributed by atoms with van der Waals surface area (Å²) in [5, 5.41) is 5.15. The summed E-state index contributed by atoms with van der Waals surface area (Å²) >= 11 is 0. The molecule has 3 aromatic carbocycles. The van der Waals surface area contributed by atoms with Crippen LogP contribution in [0.4, 0.5) is 5.69 Å². The summed E-state index contributed by atoms with van der Waals surface area (Å²) in [5.41, 5.74) is 3.00. The summed E-state index contributed by atoms with van der Waals surface area (Å²) < 4.78 is 5.89. The minimum atomic E-state index is -0.0234. The highest BCUT2D eigenvalue weighted by molar-refractivity contribution is 5.93. The van der Waals surface area contributed by atoms with E-state index in [1.807, 2.05) is 79.4 Å². The fraction of sp³-hybridized carbons (Fsp3) is 0.333. The number of nitrogens with zero attached hydrogens (tertiary/aromatic N) is 2. The fourth-order valence-electron chi connectivity index (χ4n) is 4.32. The Morgan fingerprint density at radius 3 is 2.42 bits per heavy atom. The monoisotopic (exact) mass is 445 g/mol. The van der Waals surface area contributed by atoms with E-state index in [0.29, 0.717) is 26.2 Å². The zero-order valence-electron chi connectivity index (χ0n) is 19.3.